The van der Waals surface area contributed by atoms with Gasteiger partial charge >= 0.3 is 0 Å². The monoisotopic (exact) mass is 340 g/mol. The third-order valence-electron chi connectivity index (χ3n) is 3.84. The first kappa shape index (κ1) is 16.3. The molecule has 3 rings (SSSR count). The van der Waals surface area contributed by atoms with Gasteiger partial charge in [-0.2, -0.15) is 0 Å². The smallest absolute Gasteiger partial charge is 0.233 e. The van der Waals surface area contributed by atoms with Gasteiger partial charge in [0.15, 0.2) is 0 Å². The summed E-state index contributed by atoms with van der Waals surface area (Å²) in [5, 5.41) is 0.651. The first-order chi connectivity index (χ1) is 11.6. The summed E-state index contributed by atoms with van der Waals surface area (Å²) in [6, 6.07) is 12.9. The summed E-state index contributed by atoms with van der Waals surface area (Å²) in [4.78, 5) is 19.1. The van der Waals surface area contributed by atoms with Crippen molar-refractivity contribution in [1.82, 2.24) is 0 Å². The predicted octanol–water partition coefficient (Wildman–Crippen LogP) is 4.39. The SMILES string of the molecule is C=CCN1C(=O)CC(c2ccc(Cl)cc2)=Nc2ccc(OC)cc21. The zero-order valence-corrected chi connectivity index (χ0v) is 14.1. The number of aliphatic imine (C=N–C) groups is 1. The Balaban J connectivity index is 2.11. The van der Waals surface area contributed by atoms with Crippen LogP contribution in [0.25, 0.3) is 0 Å². The second kappa shape index (κ2) is 6.89. The topological polar surface area (TPSA) is 41.9 Å². The highest BCUT2D eigenvalue weighted by atomic mass is 35.5. The molecule has 24 heavy (non-hydrogen) atoms. The Labute approximate surface area is 146 Å². The number of benzene rings is 2. The third kappa shape index (κ3) is 3.19. The van der Waals surface area contributed by atoms with Gasteiger partial charge in [-0.15, -0.1) is 6.58 Å². The van der Waals surface area contributed by atoms with Gasteiger partial charge in [0.05, 0.1) is 30.6 Å². The number of carbonyl (C=O) groups is 1. The Morgan fingerprint density at radius 1 is 1.29 bits per heavy atom. The first-order valence-electron chi connectivity index (χ1n) is 7.55. The largest absolute Gasteiger partial charge is 0.497 e. The van der Waals surface area contributed by atoms with Gasteiger partial charge in [0.2, 0.25) is 5.91 Å². The van der Waals surface area contributed by atoms with Crippen LogP contribution < -0.4 is 9.64 Å². The molecule has 0 spiro atoms. The van der Waals surface area contributed by atoms with Crippen LogP contribution in [0.15, 0.2) is 60.1 Å². The number of nitrogens with zero attached hydrogens (tertiary/aromatic N) is 2. The molecule has 4 nitrogen and oxygen atoms in total. The minimum Gasteiger partial charge on any atom is -0.497 e. The second-order valence-electron chi connectivity index (χ2n) is 5.39. The van der Waals surface area contributed by atoms with E-state index in [1.54, 1.807) is 30.2 Å². The molecule has 0 radical (unpaired) electrons. The van der Waals surface area contributed by atoms with Gasteiger partial charge in [-0.25, -0.2) is 0 Å². The maximum absolute atomic E-state index is 12.7. The molecule has 0 fully saturated rings. The zero-order valence-electron chi connectivity index (χ0n) is 13.3. The molecule has 0 saturated heterocycles. The Hall–Kier alpha value is -2.59. The predicted molar refractivity (Wildman–Crippen MR) is 97.8 cm³/mol. The first-order valence-corrected chi connectivity index (χ1v) is 7.93. The number of methoxy groups -OCH3 is 1. The molecule has 1 amide bonds. The fourth-order valence-corrected chi connectivity index (χ4v) is 2.76. The van der Waals surface area contributed by atoms with Crippen LogP contribution in [0.5, 0.6) is 5.75 Å². The molecule has 0 bridgehead atoms. The van der Waals surface area contributed by atoms with Gasteiger partial charge in [0, 0.05) is 17.6 Å². The lowest BCUT2D eigenvalue weighted by molar-refractivity contribution is -0.117. The molecule has 1 heterocycles. The Kier molecular flexibility index (Phi) is 4.67. The molecule has 0 aliphatic carbocycles. The summed E-state index contributed by atoms with van der Waals surface area (Å²) >= 11 is 5.95. The van der Waals surface area contributed by atoms with Crippen molar-refractivity contribution in [3.05, 3.63) is 65.7 Å². The summed E-state index contributed by atoms with van der Waals surface area (Å²) in [6.45, 7) is 4.16. The van der Waals surface area contributed by atoms with Crippen LogP contribution in [0.3, 0.4) is 0 Å². The van der Waals surface area contributed by atoms with E-state index < -0.39 is 0 Å². The van der Waals surface area contributed by atoms with Gasteiger partial charge in [-0.1, -0.05) is 29.8 Å². The zero-order chi connectivity index (χ0) is 17.1. The Morgan fingerprint density at radius 2 is 2.04 bits per heavy atom. The fourth-order valence-electron chi connectivity index (χ4n) is 2.64. The molecule has 1 aliphatic rings. The number of hydrogen-bond acceptors (Lipinski definition) is 3. The molecule has 122 valence electrons. The molecular formula is C19H17ClN2O2. The highest BCUT2D eigenvalue weighted by Gasteiger charge is 2.24. The minimum atomic E-state index is -0.0318. The van der Waals surface area contributed by atoms with E-state index in [0.29, 0.717) is 17.3 Å². The van der Waals surface area contributed by atoms with E-state index >= 15 is 0 Å². The van der Waals surface area contributed by atoms with E-state index in [1.807, 2.05) is 30.3 Å². The van der Waals surface area contributed by atoms with Crippen molar-refractivity contribution in [2.24, 2.45) is 4.99 Å². The summed E-state index contributed by atoms with van der Waals surface area (Å²) in [5.74, 6) is 0.649. The number of carbonyl (C=O) groups excluding carboxylic acids is 1. The molecule has 0 unspecified atom stereocenters. The average Bonchev–Trinajstić information content (AvgIpc) is 2.72. The van der Waals surface area contributed by atoms with Gasteiger partial charge in [0.25, 0.3) is 0 Å². The van der Waals surface area contributed by atoms with Crippen LogP contribution >= 0.6 is 11.6 Å². The van der Waals surface area contributed by atoms with Gasteiger partial charge in [-0.05, 0) is 29.8 Å². The van der Waals surface area contributed by atoms with Crippen molar-refractivity contribution in [3.8, 4) is 5.75 Å². The maximum Gasteiger partial charge on any atom is 0.233 e. The second-order valence-corrected chi connectivity index (χ2v) is 5.83. The van der Waals surface area contributed by atoms with Crippen LogP contribution in [-0.4, -0.2) is 25.3 Å². The molecule has 1 aliphatic heterocycles. The van der Waals surface area contributed by atoms with E-state index in [4.69, 9.17) is 21.3 Å². The lowest BCUT2D eigenvalue weighted by Gasteiger charge is -2.21. The standard InChI is InChI=1S/C19H17ClN2O2/c1-3-10-22-18-11-15(24-2)8-9-16(18)21-17(12-19(22)23)13-4-6-14(20)7-5-13/h3-9,11H,1,10,12H2,2H3. The van der Waals surface area contributed by atoms with Gasteiger partial charge < -0.3 is 9.64 Å². The van der Waals surface area contributed by atoms with E-state index in [0.717, 1.165) is 22.6 Å². The normalized spacial score (nSPS) is 13.8. The molecule has 0 N–H and O–H groups in total. The molecule has 5 heteroatoms. The van der Waals surface area contributed by atoms with Crippen LogP contribution in [0, 0.1) is 0 Å². The quantitative estimate of drug-likeness (QED) is 0.774. The van der Waals surface area contributed by atoms with Crippen LogP contribution in [0.2, 0.25) is 5.02 Å². The maximum atomic E-state index is 12.7. The van der Waals surface area contributed by atoms with Gasteiger partial charge in [-0.3, -0.25) is 9.79 Å². The van der Waals surface area contributed by atoms with E-state index in [-0.39, 0.29) is 12.3 Å². The highest BCUT2D eigenvalue weighted by molar-refractivity contribution is 6.30. The van der Waals surface area contributed by atoms with Crippen LogP contribution in [-0.2, 0) is 4.79 Å². The molecule has 2 aromatic rings. The summed E-state index contributed by atoms with van der Waals surface area (Å²) in [5.41, 5.74) is 3.06. The summed E-state index contributed by atoms with van der Waals surface area (Å²) in [7, 11) is 1.60. The molecule has 2 aromatic carbocycles. The molecular weight excluding hydrogens is 324 g/mol. The van der Waals surface area contributed by atoms with Crippen LogP contribution in [0.4, 0.5) is 11.4 Å². The molecule has 0 aromatic heterocycles. The van der Waals surface area contributed by atoms with Crippen molar-refractivity contribution in [2.45, 2.75) is 6.42 Å². The van der Waals surface area contributed by atoms with Crippen molar-refractivity contribution in [1.29, 1.82) is 0 Å². The number of fused-ring (bicyclic) bond motifs is 1. The molecule has 0 saturated carbocycles. The number of anilines is 1. The Bertz CT molecular complexity index is 813. The van der Waals surface area contributed by atoms with Crippen molar-refractivity contribution >= 4 is 34.6 Å². The summed E-state index contributed by atoms with van der Waals surface area (Å²) in [6.07, 6.45) is 1.92. The third-order valence-corrected chi connectivity index (χ3v) is 4.09. The highest BCUT2D eigenvalue weighted by Crippen LogP contribution is 2.36. The minimum absolute atomic E-state index is 0.0318. The number of amides is 1. The molecule has 0 atom stereocenters. The van der Waals surface area contributed by atoms with Gasteiger partial charge in [0.1, 0.15) is 5.75 Å². The van der Waals surface area contributed by atoms with Crippen LogP contribution in [0.1, 0.15) is 12.0 Å². The number of rotatable bonds is 4. The average molecular weight is 341 g/mol. The van der Waals surface area contributed by atoms with Crippen molar-refractivity contribution < 1.29 is 9.53 Å². The number of ether oxygens (including phenoxy) is 1. The lowest BCUT2D eigenvalue weighted by Crippen LogP contribution is -2.31. The van der Waals surface area contributed by atoms with Crippen molar-refractivity contribution in [3.63, 3.8) is 0 Å². The fraction of sp³-hybridized carbons (Fsp3) is 0.158. The number of halogens is 1. The Morgan fingerprint density at radius 3 is 2.71 bits per heavy atom. The van der Waals surface area contributed by atoms with Crippen molar-refractivity contribution in [2.75, 3.05) is 18.6 Å². The van der Waals surface area contributed by atoms with E-state index in [1.165, 1.54) is 0 Å². The van der Waals surface area contributed by atoms with E-state index in [9.17, 15) is 4.79 Å². The van der Waals surface area contributed by atoms with E-state index in [2.05, 4.69) is 6.58 Å². The lowest BCUT2D eigenvalue weighted by atomic mass is 10.1. The number of hydrogen-bond donors (Lipinski definition) is 0. The summed E-state index contributed by atoms with van der Waals surface area (Å²) < 4.78 is 5.28.